The molecule has 0 aromatic rings. The van der Waals surface area contributed by atoms with Gasteiger partial charge in [0.05, 0.1) is 31.0 Å². The first-order chi connectivity index (χ1) is 33.6. The number of unbranched alkanes of at least 4 members (excludes halogenated alkanes) is 47. The second-order valence-electron chi connectivity index (χ2n) is 22.1. The molecule has 0 saturated carbocycles. The van der Waals surface area contributed by atoms with E-state index in [4.69, 9.17) is 9.47 Å². The van der Waals surface area contributed by atoms with Crippen molar-refractivity contribution in [1.29, 1.82) is 0 Å². The molecule has 1 rings (SSSR count). The van der Waals surface area contributed by atoms with Gasteiger partial charge in [-0.2, -0.15) is 0 Å². The quantitative estimate of drug-likeness (QED) is 0.0358. The van der Waals surface area contributed by atoms with E-state index in [1.807, 2.05) is 0 Å². The molecule has 68 heavy (non-hydrogen) atoms. The molecule has 0 aromatic heterocycles. The summed E-state index contributed by atoms with van der Waals surface area (Å²) < 4.78 is 10.6. The highest BCUT2D eigenvalue weighted by Crippen LogP contribution is 2.25. The molecule has 6 nitrogen and oxygen atoms in total. The summed E-state index contributed by atoms with van der Waals surface area (Å²) >= 11 is 0. The zero-order valence-electron chi connectivity index (χ0n) is 45.7. The van der Waals surface area contributed by atoms with Crippen LogP contribution in [0.4, 0.5) is 0 Å². The molecule has 0 spiro atoms. The van der Waals surface area contributed by atoms with Crippen molar-refractivity contribution in [1.82, 2.24) is 0 Å². The predicted octanol–water partition coefficient (Wildman–Crippen LogP) is 19.1. The van der Waals surface area contributed by atoms with Crippen molar-refractivity contribution in [3.05, 3.63) is 12.2 Å². The maximum absolute atomic E-state index is 12.5. The summed E-state index contributed by atoms with van der Waals surface area (Å²) in [4.78, 5) is 24.7. The first-order valence-electron chi connectivity index (χ1n) is 30.8. The topological polar surface area (TPSA) is 93.1 Å². The molecule has 0 bridgehead atoms. The van der Waals surface area contributed by atoms with E-state index < -0.39 is 36.5 Å². The Balaban J connectivity index is 1.68. The molecule has 0 amide bonds. The number of hydrogen-bond donors (Lipinski definition) is 2. The van der Waals surface area contributed by atoms with Gasteiger partial charge in [0.25, 0.3) is 0 Å². The summed E-state index contributed by atoms with van der Waals surface area (Å²) in [6.07, 6.45) is 74.2. The SMILES string of the molecule is CCCCCCC/C=C/CCCCCCCCCCCCCCCCCCCCCCCCCCCCCCCCCCCCCCCCCCCCC1CC(=O)OCC(CO)(CO)COC1=O. The van der Waals surface area contributed by atoms with Crippen molar-refractivity contribution in [3.8, 4) is 0 Å². The fourth-order valence-corrected chi connectivity index (χ4v) is 10.2. The minimum atomic E-state index is -1.12. The van der Waals surface area contributed by atoms with Gasteiger partial charge in [0.15, 0.2) is 0 Å². The van der Waals surface area contributed by atoms with Crippen LogP contribution in [-0.4, -0.2) is 48.6 Å². The number of aliphatic hydroxyl groups excluding tert-OH is 2. The number of carbonyl (C=O) groups is 2. The molecule has 402 valence electrons. The summed E-state index contributed by atoms with van der Waals surface area (Å²) in [6, 6.07) is 0. The minimum Gasteiger partial charge on any atom is -0.465 e. The molecule has 2 N–H and O–H groups in total. The second-order valence-corrected chi connectivity index (χ2v) is 22.1. The number of cyclic esters (lactones) is 2. The number of carbonyl (C=O) groups excluding carboxylic acids is 2. The summed E-state index contributed by atoms with van der Waals surface area (Å²) in [5.41, 5.74) is -1.12. The third-order valence-corrected chi connectivity index (χ3v) is 15.3. The minimum absolute atomic E-state index is 0.00512. The molecule has 1 unspecified atom stereocenters. The van der Waals surface area contributed by atoms with Crippen molar-refractivity contribution in [2.45, 2.75) is 334 Å². The van der Waals surface area contributed by atoms with E-state index in [0.29, 0.717) is 6.42 Å². The Morgan fingerprint density at radius 1 is 0.382 bits per heavy atom. The van der Waals surface area contributed by atoms with Gasteiger partial charge in [0, 0.05) is 0 Å². The predicted molar refractivity (Wildman–Crippen MR) is 292 cm³/mol. The fourth-order valence-electron chi connectivity index (χ4n) is 10.2. The van der Waals surface area contributed by atoms with E-state index in [9.17, 15) is 19.8 Å². The number of rotatable bonds is 53. The van der Waals surface area contributed by atoms with Gasteiger partial charge in [-0.3, -0.25) is 9.59 Å². The smallest absolute Gasteiger partial charge is 0.309 e. The van der Waals surface area contributed by atoms with Crippen LogP contribution in [0.1, 0.15) is 334 Å². The summed E-state index contributed by atoms with van der Waals surface area (Å²) in [7, 11) is 0. The van der Waals surface area contributed by atoms with Gasteiger partial charge in [-0.25, -0.2) is 0 Å². The standard InChI is InChI=1S/C62H118O6/c1-2-3-4-5-6-7-8-9-10-11-12-13-14-15-16-17-18-19-20-21-22-23-24-25-26-27-28-29-30-31-32-33-34-35-36-37-38-39-40-41-42-43-44-45-46-47-48-49-50-51-52-53-59-54-60(65)67-57-62(55-63,56-64)58-68-61(59)66/h8-9,59,63-64H,2-7,10-58H2,1H3/b9-8+. The Hall–Kier alpha value is -1.40. The normalized spacial score (nSPS) is 15.4. The van der Waals surface area contributed by atoms with Gasteiger partial charge in [-0.15, -0.1) is 0 Å². The number of allylic oxidation sites excluding steroid dienone is 2. The van der Waals surface area contributed by atoms with E-state index in [-0.39, 0.29) is 19.6 Å². The molecule has 0 radical (unpaired) electrons. The van der Waals surface area contributed by atoms with Crippen LogP contribution >= 0.6 is 0 Å². The van der Waals surface area contributed by atoms with Crippen molar-refractivity contribution in [3.63, 3.8) is 0 Å². The Kier molecular flexibility index (Phi) is 49.4. The van der Waals surface area contributed by atoms with Gasteiger partial charge in [-0.1, -0.05) is 308 Å². The molecule has 1 aliphatic rings. The lowest BCUT2D eigenvalue weighted by Crippen LogP contribution is -2.40. The van der Waals surface area contributed by atoms with Gasteiger partial charge in [-0.05, 0) is 32.1 Å². The van der Waals surface area contributed by atoms with Crippen LogP contribution in [0.15, 0.2) is 12.2 Å². The fraction of sp³-hybridized carbons (Fsp3) is 0.935. The van der Waals surface area contributed by atoms with Crippen LogP contribution in [0, 0.1) is 11.3 Å². The molecule has 1 atom stereocenters. The van der Waals surface area contributed by atoms with E-state index >= 15 is 0 Å². The first-order valence-corrected chi connectivity index (χ1v) is 30.8. The van der Waals surface area contributed by atoms with Gasteiger partial charge >= 0.3 is 11.9 Å². The maximum Gasteiger partial charge on any atom is 0.309 e. The third kappa shape index (κ3) is 43.4. The van der Waals surface area contributed by atoms with E-state index in [0.717, 1.165) is 19.3 Å². The van der Waals surface area contributed by atoms with Crippen LogP contribution < -0.4 is 0 Å². The highest BCUT2D eigenvalue weighted by atomic mass is 16.6. The highest BCUT2D eigenvalue weighted by molar-refractivity contribution is 5.80. The van der Waals surface area contributed by atoms with Gasteiger partial charge < -0.3 is 19.7 Å². The molecule has 0 aliphatic carbocycles. The highest BCUT2D eigenvalue weighted by Gasteiger charge is 2.36. The lowest BCUT2D eigenvalue weighted by molar-refractivity contribution is -0.155. The Labute approximate surface area is 423 Å². The van der Waals surface area contributed by atoms with E-state index in [2.05, 4.69) is 19.1 Å². The molecular weight excluding hydrogens is 841 g/mol. The lowest BCUT2D eigenvalue weighted by Gasteiger charge is -2.27. The summed E-state index contributed by atoms with van der Waals surface area (Å²) in [6.45, 7) is 1.20. The van der Waals surface area contributed by atoms with Gasteiger partial charge in [0.1, 0.15) is 13.2 Å². The van der Waals surface area contributed by atoms with Crippen LogP contribution in [-0.2, 0) is 19.1 Å². The molecule has 1 fully saturated rings. The Morgan fingerprint density at radius 3 is 0.912 bits per heavy atom. The monoisotopic (exact) mass is 959 g/mol. The average molecular weight is 960 g/mol. The third-order valence-electron chi connectivity index (χ3n) is 15.3. The van der Waals surface area contributed by atoms with Crippen LogP contribution in [0.25, 0.3) is 0 Å². The van der Waals surface area contributed by atoms with E-state index in [1.165, 1.54) is 295 Å². The van der Waals surface area contributed by atoms with Crippen molar-refractivity contribution < 1.29 is 29.3 Å². The maximum atomic E-state index is 12.5. The molecule has 0 aromatic carbocycles. The van der Waals surface area contributed by atoms with Crippen molar-refractivity contribution in [2.75, 3.05) is 26.4 Å². The average Bonchev–Trinajstić information content (AvgIpc) is 3.40. The van der Waals surface area contributed by atoms with Gasteiger partial charge in [0.2, 0.25) is 0 Å². The lowest BCUT2D eigenvalue weighted by atomic mass is 9.92. The molecule has 1 saturated heterocycles. The molecule has 6 heteroatoms. The first kappa shape index (κ1) is 64.6. The van der Waals surface area contributed by atoms with Crippen LogP contribution in [0.2, 0.25) is 0 Å². The van der Waals surface area contributed by atoms with Crippen molar-refractivity contribution in [2.24, 2.45) is 11.3 Å². The summed E-state index contributed by atoms with van der Waals surface area (Å²) in [5, 5.41) is 19.2. The van der Waals surface area contributed by atoms with Crippen LogP contribution in [0.3, 0.4) is 0 Å². The molecular formula is C62H118O6. The number of hydrogen-bond acceptors (Lipinski definition) is 6. The Morgan fingerprint density at radius 2 is 0.632 bits per heavy atom. The number of esters is 2. The zero-order chi connectivity index (χ0) is 49.0. The number of aliphatic hydroxyl groups is 2. The molecule has 1 aliphatic heterocycles. The second kappa shape index (κ2) is 51.9. The largest absolute Gasteiger partial charge is 0.465 e. The van der Waals surface area contributed by atoms with Crippen molar-refractivity contribution >= 4 is 11.9 Å². The zero-order valence-corrected chi connectivity index (χ0v) is 45.7. The van der Waals surface area contributed by atoms with E-state index in [1.54, 1.807) is 0 Å². The number of ether oxygens (including phenoxy) is 2. The van der Waals surface area contributed by atoms with Crippen LogP contribution in [0.5, 0.6) is 0 Å². The Bertz CT molecular complexity index is 1070. The summed E-state index contributed by atoms with van der Waals surface area (Å²) in [5.74, 6) is -1.40. The molecule has 1 heterocycles.